The van der Waals surface area contributed by atoms with E-state index >= 15 is 0 Å². The van der Waals surface area contributed by atoms with E-state index in [0.717, 1.165) is 27.9 Å². The van der Waals surface area contributed by atoms with Crippen molar-refractivity contribution in [3.8, 4) is 11.8 Å². The van der Waals surface area contributed by atoms with Gasteiger partial charge in [0.25, 0.3) is 0 Å². The first-order valence-corrected chi connectivity index (χ1v) is 7.29. The lowest BCUT2D eigenvalue weighted by molar-refractivity contribution is 0.350. The summed E-state index contributed by atoms with van der Waals surface area (Å²) in [6.45, 7) is 3.84. The maximum atomic E-state index is 8.71. The molecule has 0 spiro atoms. The second-order valence-electron chi connectivity index (χ2n) is 4.38. The highest BCUT2D eigenvalue weighted by molar-refractivity contribution is 7.98. The first-order chi connectivity index (χ1) is 9.67. The monoisotopic (exact) mass is 284 g/mol. The van der Waals surface area contributed by atoms with E-state index < -0.39 is 0 Å². The zero-order valence-electron chi connectivity index (χ0n) is 11.6. The molecule has 0 saturated carbocycles. The number of aliphatic hydroxyl groups excluding tert-OH is 1. The van der Waals surface area contributed by atoms with Gasteiger partial charge in [-0.3, -0.25) is 0 Å². The Bertz CT molecular complexity index is 639. The van der Waals surface area contributed by atoms with Gasteiger partial charge in [0.15, 0.2) is 5.16 Å². The molecule has 4 heteroatoms. The number of rotatable bonds is 3. The van der Waals surface area contributed by atoms with Crippen molar-refractivity contribution in [2.75, 3.05) is 6.61 Å². The predicted molar refractivity (Wildman–Crippen MR) is 81.5 cm³/mol. The molecule has 1 aromatic heterocycles. The molecule has 0 unspecified atom stereocenters. The highest BCUT2D eigenvalue weighted by Crippen LogP contribution is 2.20. The maximum absolute atomic E-state index is 8.71. The number of nitrogens with zero attached hydrogens (tertiary/aromatic N) is 2. The fourth-order valence-electron chi connectivity index (χ4n) is 1.79. The quantitative estimate of drug-likeness (QED) is 0.535. The Hall–Kier alpha value is -1.83. The molecule has 0 saturated heterocycles. The number of aliphatic hydroxyl groups is 1. The minimum atomic E-state index is -0.116. The molecular weight excluding hydrogens is 268 g/mol. The average Bonchev–Trinajstić information content (AvgIpc) is 2.42. The molecule has 3 nitrogen and oxygen atoms in total. The Morgan fingerprint density at radius 2 is 1.90 bits per heavy atom. The van der Waals surface area contributed by atoms with Gasteiger partial charge in [-0.1, -0.05) is 35.7 Å². The second kappa shape index (κ2) is 7.09. The van der Waals surface area contributed by atoms with Gasteiger partial charge in [0, 0.05) is 22.7 Å². The lowest BCUT2D eigenvalue weighted by Crippen LogP contribution is -1.93. The smallest absolute Gasteiger partial charge is 0.188 e. The normalized spacial score (nSPS) is 9.95. The first kappa shape index (κ1) is 14.6. The molecule has 0 amide bonds. The molecule has 2 rings (SSSR count). The Morgan fingerprint density at radius 1 is 1.15 bits per heavy atom. The number of aromatic nitrogens is 2. The third-order valence-electron chi connectivity index (χ3n) is 2.57. The molecule has 0 atom stereocenters. The van der Waals surface area contributed by atoms with Crippen molar-refractivity contribution >= 4 is 11.8 Å². The summed E-state index contributed by atoms with van der Waals surface area (Å²) in [6, 6.07) is 9.96. The summed E-state index contributed by atoms with van der Waals surface area (Å²) >= 11 is 1.61. The van der Waals surface area contributed by atoms with Crippen LogP contribution < -0.4 is 0 Å². The van der Waals surface area contributed by atoms with Crippen molar-refractivity contribution < 1.29 is 5.11 Å². The van der Waals surface area contributed by atoms with Gasteiger partial charge in [0.2, 0.25) is 0 Å². The molecule has 0 bridgehead atoms. The largest absolute Gasteiger partial charge is 0.384 e. The highest BCUT2D eigenvalue weighted by Gasteiger charge is 2.02. The molecular formula is C16H16N2OS. The number of thioether (sulfide) groups is 1. The van der Waals surface area contributed by atoms with Crippen LogP contribution in [0.3, 0.4) is 0 Å². The Labute approximate surface area is 123 Å². The SMILES string of the molecule is Cc1cc(C)nc(SCc2cccc(C#CCO)c2)n1. The van der Waals surface area contributed by atoms with Crippen molar-refractivity contribution in [2.24, 2.45) is 0 Å². The minimum Gasteiger partial charge on any atom is -0.384 e. The summed E-state index contributed by atoms with van der Waals surface area (Å²) < 4.78 is 0. The fraction of sp³-hybridized carbons (Fsp3) is 0.250. The molecule has 1 N–H and O–H groups in total. The lowest BCUT2D eigenvalue weighted by atomic mass is 10.1. The van der Waals surface area contributed by atoms with Crippen LogP contribution in [-0.4, -0.2) is 21.7 Å². The predicted octanol–water partition coefficient (Wildman–Crippen LogP) is 2.73. The van der Waals surface area contributed by atoms with Gasteiger partial charge >= 0.3 is 0 Å². The van der Waals surface area contributed by atoms with Gasteiger partial charge in [0.05, 0.1) is 0 Å². The standard InChI is InChI=1S/C16H16N2OS/c1-12-9-13(2)18-16(17-12)20-11-15-6-3-5-14(10-15)7-4-8-19/h3,5-6,9-10,19H,8,11H2,1-2H3. The molecule has 0 radical (unpaired) electrons. The summed E-state index contributed by atoms with van der Waals surface area (Å²) in [7, 11) is 0. The van der Waals surface area contributed by atoms with Gasteiger partial charge < -0.3 is 5.11 Å². The minimum absolute atomic E-state index is 0.116. The van der Waals surface area contributed by atoms with E-state index in [0.29, 0.717) is 0 Å². The first-order valence-electron chi connectivity index (χ1n) is 6.31. The summed E-state index contributed by atoms with van der Waals surface area (Å²) in [4.78, 5) is 8.82. The van der Waals surface area contributed by atoms with Crippen LogP contribution in [0.15, 0.2) is 35.5 Å². The van der Waals surface area contributed by atoms with Crippen LogP contribution in [0, 0.1) is 25.7 Å². The van der Waals surface area contributed by atoms with Crippen LogP contribution in [0.5, 0.6) is 0 Å². The summed E-state index contributed by atoms with van der Waals surface area (Å²) in [5.74, 6) is 6.37. The van der Waals surface area contributed by atoms with Crippen molar-refractivity contribution in [1.29, 1.82) is 0 Å². The van der Waals surface area contributed by atoms with E-state index in [-0.39, 0.29) is 6.61 Å². The van der Waals surface area contributed by atoms with Gasteiger partial charge in [0.1, 0.15) is 6.61 Å². The van der Waals surface area contributed by atoms with E-state index in [1.165, 1.54) is 5.56 Å². The molecule has 1 aromatic carbocycles. The Balaban J connectivity index is 2.07. The number of benzene rings is 1. The Morgan fingerprint density at radius 3 is 2.60 bits per heavy atom. The lowest BCUT2D eigenvalue weighted by Gasteiger charge is -2.03. The zero-order valence-corrected chi connectivity index (χ0v) is 12.4. The zero-order chi connectivity index (χ0) is 14.4. The molecule has 0 aliphatic rings. The van der Waals surface area contributed by atoms with E-state index in [2.05, 4.69) is 27.9 Å². The number of hydrogen-bond donors (Lipinski definition) is 1. The van der Waals surface area contributed by atoms with Crippen LogP contribution in [0.4, 0.5) is 0 Å². The van der Waals surface area contributed by atoms with Crippen molar-refractivity contribution in [1.82, 2.24) is 9.97 Å². The van der Waals surface area contributed by atoms with Crippen molar-refractivity contribution in [3.63, 3.8) is 0 Å². The number of aryl methyl sites for hydroxylation is 2. The molecule has 0 aliphatic carbocycles. The molecule has 20 heavy (non-hydrogen) atoms. The fourth-order valence-corrected chi connectivity index (χ4v) is 2.68. The maximum Gasteiger partial charge on any atom is 0.188 e. The van der Waals surface area contributed by atoms with E-state index in [9.17, 15) is 0 Å². The van der Waals surface area contributed by atoms with Crippen LogP contribution >= 0.6 is 11.8 Å². The van der Waals surface area contributed by atoms with Crippen molar-refractivity contribution in [2.45, 2.75) is 24.8 Å². The van der Waals surface area contributed by atoms with Crippen LogP contribution in [-0.2, 0) is 5.75 Å². The summed E-state index contributed by atoms with van der Waals surface area (Å²) in [5, 5.41) is 9.51. The van der Waals surface area contributed by atoms with Gasteiger partial charge in [-0.25, -0.2) is 9.97 Å². The van der Waals surface area contributed by atoms with Crippen molar-refractivity contribution in [3.05, 3.63) is 52.8 Å². The average molecular weight is 284 g/mol. The molecule has 1 heterocycles. The van der Waals surface area contributed by atoms with Gasteiger partial charge in [-0.05, 0) is 37.6 Å². The summed E-state index contributed by atoms with van der Waals surface area (Å²) in [6.07, 6.45) is 0. The third-order valence-corrected chi connectivity index (χ3v) is 3.49. The summed E-state index contributed by atoms with van der Waals surface area (Å²) in [5.41, 5.74) is 4.06. The van der Waals surface area contributed by atoms with Crippen LogP contribution in [0.25, 0.3) is 0 Å². The second-order valence-corrected chi connectivity index (χ2v) is 5.32. The van der Waals surface area contributed by atoms with Crippen LogP contribution in [0.1, 0.15) is 22.5 Å². The van der Waals surface area contributed by atoms with Crippen LogP contribution in [0.2, 0.25) is 0 Å². The Kier molecular flexibility index (Phi) is 5.16. The molecule has 0 aliphatic heterocycles. The molecule has 102 valence electrons. The molecule has 0 fully saturated rings. The van der Waals surface area contributed by atoms with Gasteiger partial charge in [-0.2, -0.15) is 0 Å². The highest BCUT2D eigenvalue weighted by atomic mass is 32.2. The van der Waals surface area contributed by atoms with E-state index in [1.54, 1.807) is 11.8 Å². The number of hydrogen-bond acceptors (Lipinski definition) is 4. The third kappa shape index (κ3) is 4.37. The van der Waals surface area contributed by atoms with Gasteiger partial charge in [-0.15, -0.1) is 0 Å². The topological polar surface area (TPSA) is 46.0 Å². The van der Waals surface area contributed by atoms with E-state index in [4.69, 9.17) is 5.11 Å². The van der Waals surface area contributed by atoms with E-state index in [1.807, 2.05) is 38.1 Å². The molecule has 2 aromatic rings.